The van der Waals surface area contributed by atoms with Crippen LogP contribution in [0.25, 0.3) is 0 Å². The molecular weight excluding hydrogens is 256 g/mol. The monoisotopic (exact) mass is 276 g/mol. The van der Waals surface area contributed by atoms with Crippen molar-refractivity contribution in [3.8, 4) is 5.88 Å². The molecule has 0 aliphatic carbocycles. The van der Waals surface area contributed by atoms with Gasteiger partial charge in [-0.1, -0.05) is 0 Å². The minimum Gasteiger partial charge on any atom is -0.475 e. The highest BCUT2D eigenvalue weighted by atomic mass is 16.5. The Balaban J connectivity index is 1.90. The Morgan fingerprint density at radius 2 is 2.15 bits per heavy atom. The van der Waals surface area contributed by atoms with Crippen molar-refractivity contribution in [3.05, 3.63) is 36.3 Å². The maximum absolute atomic E-state index is 5.42. The molecule has 0 spiro atoms. The first-order valence-corrected chi connectivity index (χ1v) is 6.52. The summed E-state index contributed by atoms with van der Waals surface area (Å²) in [5.74, 6) is 0.599. The van der Waals surface area contributed by atoms with E-state index in [1.807, 2.05) is 31.6 Å². The van der Waals surface area contributed by atoms with Crippen LogP contribution in [0.3, 0.4) is 0 Å². The molecule has 2 aromatic heterocycles. The molecule has 6 nitrogen and oxygen atoms in total. The van der Waals surface area contributed by atoms with E-state index in [9.17, 15) is 0 Å². The lowest BCUT2D eigenvalue weighted by Crippen LogP contribution is -2.07. The minimum absolute atomic E-state index is 0.172. The number of pyridine rings is 1. The molecule has 1 unspecified atom stereocenters. The second-order valence-electron chi connectivity index (χ2n) is 4.54. The summed E-state index contributed by atoms with van der Waals surface area (Å²) in [6, 6.07) is 3.96. The first-order valence-electron chi connectivity index (χ1n) is 6.52. The first-order chi connectivity index (χ1) is 9.69. The van der Waals surface area contributed by atoms with E-state index < -0.39 is 0 Å². The van der Waals surface area contributed by atoms with Crippen molar-refractivity contribution in [2.24, 2.45) is 7.05 Å². The number of nitrogens with zero attached hydrogens (tertiary/aromatic N) is 3. The number of hydrogen-bond donors (Lipinski definition) is 1. The number of rotatable bonds is 7. The van der Waals surface area contributed by atoms with Crippen molar-refractivity contribution in [2.45, 2.75) is 13.0 Å². The molecule has 2 aromatic rings. The quantitative estimate of drug-likeness (QED) is 0.784. The number of anilines is 1. The maximum Gasteiger partial charge on any atom is 0.213 e. The van der Waals surface area contributed by atoms with Crippen molar-refractivity contribution in [3.63, 3.8) is 0 Å². The average Bonchev–Trinajstić information content (AvgIpc) is 2.88. The van der Waals surface area contributed by atoms with Gasteiger partial charge >= 0.3 is 0 Å². The number of ether oxygens (including phenoxy) is 2. The third-order valence-electron chi connectivity index (χ3n) is 2.88. The number of methoxy groups -OCH3 is 1. The van der Waals surface area contributed by atoms with Gasteiger partial charge in [0.2, 0.25) is 5.88 Å². The highest BCUT2D eigenvalue weighted by molar-refractivity contribution is 5.44. The van der Waals surface area contributed by atoms with Crippen LogP contribution in [0.15, 0.2) is 30.7 Å². The van der Waals surface area contributed by atoms with Gasteiger partial charge in [0.25, 0.3) is 0 Å². The van der Waals surface area contributed by atoms with E-state index >= 15 is 0 Å². The predicted octanol–water partition coefficient (Wildman–Crippen LogP) is 2.01. The Morgan fingerprint density at radius 1 is 1.30 bits per heavy atom. The molecule has 0 aromatic carbocycles. The zero-order valence-corrected chi connectivity index (χ0v) is 12.0. The van der Waals surface area contributed by atoms with Gasteiger partial charge in [-0.2, -0.15) is 5.10 Å². The standard InChI is InChI=1S/C14H20N4O2/c1-11(12-8-16-18(2)10-12)17-13-4-5-14(15-9-13)20-7-6-19-3/h4-5,8-11,17H,6-7H2,1-3H3. The fourth-order valence-electron chi connectivity index (χ4n) is 1.78. The van der Waals surface area contributed by atoms with Crippen LogP contribution in [0.4, 0.5) is 5.69 Å². The fraction of sp³-hybridized carbons (Fsp3) is 0.429. The van der Waals surface area contributed by atoms with Gasteiger partial charge in [0.05, 0.1) is 30.7 Å². The van der Waals surface area contributed by atoms with Crippen molar-refractivity contribution < 1.29 is 9.47 Å². The normalized spacial score (nSPS) is 12.2. The number of nitrogens with one attached hydrogen (secondary N) is 1. The van der Waals surface area contributed by atoms with E-state index in [0.29, 0.717) is 19.1 Å². The zero-order valence-electron chi connectivity index (χ0n) is 12.0. The molecule has 0 saturated carbocycles. The summed E-state index contributed by atoms with van der Waals surface area (Å²) >= 11 is 0. The SMILES string of the molecule is COCCOc1ccc(NC(C)c2cnn(C)c2)cn1. The Hall–Kier alpha value is -2.08. The van der Waals surface area contributed by atoms with E-state index in [4.69, 9.17) is 9.47 Å². The number of aromatic nitrogens is 3. The van der Waals surface area contributed by atoms with Crippen molar-refractivity contribution in [2.75, 3.05) is 25.6 Å². The molecule has 6 heteroatoms. The summed E-state index contributed by atoms with van der Waals surface area (Å²) < 4.78 is 12.1. The zero-order chi connectivity index (χ0) is 14.4. The first kappa shape index (κ1) is 14.3. The Bertz CT molecular complexity index is 524. The van der Waals surface area contributed by atoms with Gasteiger partial charge in [-0.15, -0.1) is 0 Å². The molecule has 0 saturated heterocycles. The van der Waals surface area contributed by atoms with Gasteiger partial charge in [-0.3, -0.25) is 4.68 Å². The van der Waals surface area contributed by atoms with E-state index in [1.165, 1.54) is 0 Å². The summed E-state index contributed by atoms with van der Waals surface area (Å²) in [4.78, 5) is 4.24. The van der Waals surface area contributed by atoms with E-state index in [0.717, 1.165) is 11.3 Å². The summed E-state index contributed by atoms with van der Waals surface area (Å²) in [6.07, 6.45) is 5.61. The lowest BCUT2D eigenvalue weighted by atomic mass is 10.2. The van der Waals surface area contributed by atoms with Gasteiger partial charge in [-0.05, 0) is 13.0 Å². The van der Waals surface area contributed by atoms with E-state index in [-0.39, 0.29) is 6.04 Å². The molecule has 1 atom stereocenters. The van der Waals surface area contributed by atoms with Gasteiger partial charge in [-0.25, -0.2) is 4.98 Å². The molecule has 108 valence electrons. The summed E-state index contributed by atoms with van der Waals surface area (Å²) in [5.41, 5.74) is 2.08. The third-order valence-corrected chi connectivity index (χ3v) is 2.88. The van der Waals surface area contributed by atoms with Crippen LogP contribution in [0.2, 0.25) is 0 Å². The third kappa shape index (κ3) is 3.96. The molecule has 0 bridgehead atoms. The average molecular weight is 276 g/mol. The van der Waals surface area contributed by atoms with Crippen molar-refractivity contribution in [1.29, 1.82) is 0 Å². The Labute approximate surface area is 118 Å². The molecule has 2 heterocycles. The molecule has 0 aliphatic rings. The van der Waals surface area contributed by atoms with Gasteiger partial charge in [0.15, 0.2) is 0 Å². The van der Waals surface area contributed by atoms with Crippen LogP contribution in [0.5, 0.6) is 5.88 Å². The molecule has 0 fully saturated rings. The van der Waals surface area contributed by atoms with Crippen molar-refractivity contribution >= 4 is 5.69 Å². The lowest BCUT2D eigenvalue weighted by Gasteiger charge is -2.13. The van der Waals surface area contributed by atoms with Gasteiger partial charge in [0, 0.05) is 32.0 Å². The van der Waals surface area contributed by atoms with Crippen LogP contribution in [0, 0.1) is 0 Å². The van der Waals surface area contributed by atoms with Crippen LogP contribution < -0.4 is 10.1 Å². The summed E-state index contributed by atoms with van der Waals surface area (Å²) in [5, 5.41) is 7.53. The molecular formula is C14H20N4O2. The minimum atomic E-state index is 0.172. The molecule has 1 N–H and O–H groups in total. The topological polar surface area (TPSA) is 61.2 Å². The van der Waals surface area contributed by atoms with Gasteiger partial charge < -0.3 is 14.8 Å². The number of aryl methyl sites for hydroxylation is 1. The summed E-state index contributed by atoms with van der Waals surface area (Å²) in [7, 11) is 3.55. The predicted molar refractivity (Wildman–Crippen MR) is 76.9 cm³/mol. The van der Waals surface area contributed by atoms with Crippen LogP contribution in [-0.4, -0.2) is 35.1 Å². The van der Waals surface area contributed by atoms with Crippen molar-refractivity contribution in [1.82, 2.24) is 14.8 Å². The highest BCUT2D eigenvalue weighted by Gasteiger charge is 2.07. The summed E-state index contributed by atoms with van der Waals surface area (Å²) in [6.45, 7) is 3.14. The molecule has 0 radical (unpaired) electrons. The smallest absolute Gasteiger partial charge is 0.213 e. The molecule has 20 heavy (non-hydrogen) atoms. The van der Waals surface area contributed by atoms with Crippen LogP contribution >= 0.6 is 0 Å². The molecule has 0 amide bonds. The maximum atomic E-state index is 5.42. The molecule has 2 rings (SSSR count). The molecule has 0 aliphatic heterocycles. The largest absolute Gasteiger partial charge is 0.475 e. The van der Waals surface area contributed by atoms with Crippen LogP contribution in [0.1, 0.15) is 18.5 Å². The van der Waals surface area contributed by atoms with E-state index in [1.54, 1.807) is 18.0 Å². The second kappa shape index (κ2) is 6.91. The Kier molecular flexibility index (Phi) is 4.95. The Morgan fingerprint density at radius 3 is 2.75 bits per heavy atom. The second-order valence-corrected chi connectivity index (χ2v) is 4.54. The van der Waals surface area contributed by atoms with Gasteiger partial charge in [0.1, 0.15) is 6.61 Å². The fourth-order valence-corrected chi connectivity index (χ4v) is 1.78. The van der Waals surface area contributed by atoms with Crippen LogP contribution in [-0.2, 0) is 11.8 Å². The lowest BCUT2D eigenvalue weighted by molar-refractivity contribution is 0.144. The number of hydrogen-bond acceptors (Lipinski definition) is 5. The van der Waals surface area contributed by atoms with E-state index in [2.05, 4.69) is 22.3 Å². The highest BCUT2D eigenvalue weighted by Crippen LogP contribution is 2.19.